The van der Waals surface area contributed by atoms with Crippen molar-refractivity contribution in [3.63, 3.8) is 0 Å². The van der Waals surface area contributed by atoms with E-state index in [0.29, 0.717) is 17.1 Å². The van der Waals surface area contributed by atoms with Gasteiger partial charge in [0, 0.05) is 17.1 Å². The molecule has 0 heterocycles. The lowest BCUT2D eigenvalue weighted by molar-refractivity contribution is 0.166. The molecule has 0 aromatic heterocycles. The molecule has 0 unspecified atom stereocenters. The van der Waals surface area contributed by atoms with Crippen molar-refractivity contribution in [3.05, 3.63) is 77.3 Å². The maximum atomic E-state index is 11.7. The summed E-state index contributed by atoms with van der Waals surface area (Å²) in [5.74, 6) is 0.211. The van der Waals surface area contributed by atoms with Gasteiger partial charge in [0.25, 0.3) is 0 Å². The van der Waals surface area contributed by atoms with E-state index in [-0.39, 0.29) is 5.84 Å². The van der Waals surface area contributed by atoms with Gasteiger partial charge in [0.1, 0.15) is 5.84 Å². The topological polar surface area (TPSA) is 76.7 Å². The number of amidine groups is 1. The van der Waals surface area contributed by atoms with Crippen molar-refractivity contribution in [2.45, 2.75) is 6.42 Å². The third kappa shape index (κ3) is 4.49. The molecule has 0 spiro atoms. The molecular weight excluding hydrogens is 338 g/mol. The summed E-state index contributed by atoms with van der Waals surface area (Å²) in [5, 5.41) is 9.02. The van der Waals surface area contributed by atoms with Crippen LogP contribution in [-0.2, 0) is 11.3 Å². The molecule has 6 heteroatoms. The minimum atomic E-state index is -0.719. The van der Waals surface area contributed by atoms with Crippen LogP contribution in [0.25, 0.3) is 10.8 Å². The Bertz CT molecular complexity index is 918. The number of nitrogens with two attached hydrogens (primary N) is 1. The minimum absolute atomic E-state index is 0.211. The molecule has 0 saturated heterocycles. The number of hydrogen-bond acceptors (Lipinski definition) is 3. The zero-order valence-corrected chi connectivity index (χ0v) is 14.0. The summed E-state index contributed by atoms with van der Waals surface area (Å²) in [6, 6.07) is 20.6. The molecule has 3 aromatic rings. The molecule has 5 nitrogen and oxygen atoms in total. The summed E-state index contributed by atoms with van der Waals surface area (Å²) >= 11 is 5.79. The lowest BCUT2D eigenvalue weighted by atomic mass is 10.0. The Morgan fingerprint density at radius 2 is 1.76 bits per heavy atom. The summed E-state index contributed by atoms with van der Waals surface area (Å²) < 4.78 is 0. The van der Waals surface area contributed by atoms with E-state index in [1.54, 1.807) is 24.3 Å². The third-order valence-corrected chi connectivity index (χ3v) is 3.84. The average Bonchev–Trinajstić information content (AvgIpc) is 2.62. The van der Waals surface area contributed by atoms with Gasteiger partial charge >= 0.3 is 6.09 Å². The Balaban J connectivity index is 1.63. The maximum absolute atomic E-state index is 11.7. The van der Waals surface area contributed by atoms with Crippen LogP contribution in [0.3, 0.4) is 0 Å². The van der Waals surface area contributed by atoms with Crippen molar-refractivity contribution < 1.29 is 9.63 Å². The molecule has 1 amide bonds. The summed E-state index contributed by atoms with van der Waals surface area (Å²) in [7, 11) is 0. The molecule has 0 saturated carbocycles. The van der Waals surface area contributed by atoms with Gasteiger partial charge in [-0.05, 0) is 40.6 Å². The molecule has 3 N–H and O–H groups in total. The first-order valence-corrected chi connectivity index (χ1v) is 8.02. The van der Waals surface area contributed by atoms with Crippen LogP contribution in [0.2, 0.25) is 5.02 Å². The van der Waals surface area contributed by atoms with Crippen LogP contribution in [0.4, 0.5) is 10.5 Å². The largest absolute Gasteiger partial charge is 0.437 e. The first-order valence-electron chi connectivity index (χ1n) is 7.64. The number of nitrogens with zero attached hydrogens (tertiary/aromatic N) is 1. The fourth-order valence-corrected chi connectivity index (χ4v) is 2.57. The van der Waals surface area contributed by atoms with Crippen molar-refractivity contribution in [2.75, 3.05) is 5.32 Å². The Hall–Kier alpha value is -3.05. The summed E-state index contributed by atoms with van der Waals surface area (Å²) in [6.45, 7) is 0. The predicted octanol–water partition coefficient (Wildman–Crippen LogP) is 4.56. The van der Waals surface area contributed by atoms with Gasteiger partial charge in [-0.25, -0.2) is 4.79 Å². The molecule has 0 atom stereocenters. The van der Waals surface area contributed by atoms with Gasteiger partial charge in [-0.1, -0.05) is 59.2 Å². The summed E-state index contributed by atoms with van der Waals surface area (Å²) in [6.07, 6.45) is -0.335. The van der Waals surface area contributed by atoms with Gasteiger partial charge in [0.2, 0.25) is 0 Å². The van der Waals surface area contributed by atoms with Crippen LogP contribution in [0.1, 0.15) is 5.56 Å². The van der Waals surface area contributed by atoms with Crippen molar-refractivity contribution in [1.29, 1.82) is 0 Å². The highest BCUT2D eigenvalue weighted by Crippen LogP contribution is 2.19. The number of carbonyl (C=O) groups is 1. The Morgan fingerprint density at radius 1 is 1.04 bits per heavy atom. The van der Waals surface area contributed by atoms with Crippen LogP contribution in [0, 0.1) is 0 Å². The molecule has 0 aliphatic carbocycles. The van der Waals surface area contributed by atoms with Gasteiger partial charge in [-0.2, -0.15) is 0 Å². The number of hydrogen-bond donors (Lipinski definition) is 2. The number of carbonyl (C=O) groups excluding carboxylic acids is 1. The fraction of sp³-hybridized carbons (Fsp3) is 0.0526. The molecule has 3 rings (SSSR count). The molecule has 0 fully saturated rings. The lowest BCUT2D eigenvalue weighted by Gasteiger charge is -2.06. The van der Waals surface area contributed by atoms with E-state index in [2.05, 4.69) is 10.5 Å². The monoisotopic (exact) mass is 353 g/mol. The highest BCUT2D eigenvalue weighted by molar-refractivity contribution is 6.30. The molecule has 0 aliphatic heterocycles. The van der Waals surface area contributed by atoms with Gasteiger partial charge in [-0.15, -0.1) is 0 Å². The second kappa shape index (κ2) is 7.68. The smallest absolute Gasteiger partial charge is 0.384 e. The molecule has 126 valence electrons. The van der Waals surface area contributed by atoms with Gasteiger partial charge in [0.15, 0.2) is 0 Å². The SMILES string of the molecule is N/C(Cc1cccc2ccccc12)=N\OC(=O)Nc1ccc(Cl)cc1. The number of fused-ring (bicyclic) bond motifs is 1. The predicted molar refractivity (Wildman–Crippen MR) is 101 cm³/mol. The second-order valence-electron chi connectivity index (χ2n) is 5.41. The van der Waals surface area contributed by atoms with Crippen molar-refractivity contribution in [3.8, 4) is 0 Å². The highest BCUT2D eigenvalue weighted by Gasteiger charge is 2.06. The van der Waals surface area contributed by atoms with Gasteiger partial charge < -0.3 is 5.73 Å². The van der Waals surface area contributed by atoms with Crippen molar-refractivity contribution in [1.82, 2.24) is 0 Å². The van der Waals surface area contributed by atoms with Crippen LogP contribution < -0.4 is 11.1 Å². The normalized spacial score (nSPS) is 11.3. The number of rotatable bonds is 4. The van der Waals surface area contributed by atoms with Crippen molar-refractivity contribution in [2.24, 2.45) is 10.9 Å². The lowest BCUT2D eigenvalue weighted by Crippen LogP contribution is -2.18. The van der Waals surface area contributed by atoms with E-state index < -0.39 is 6.09 Å². The summed E-state index contributed by atoms with van der Waals surface area (Å²) in [4.78, 5) is 16.5. The van der Waals surface area contributed by atoms with E-state index in [9.17, 15) is 4.79 Å². The third-order valence-electron chi connectivity index (χ3n) is 3.59. The van der Waals surface area contributed by atoms with Gasteiger partial charge in [-0.3, -0.25) is 10.2 Å². The molecule has 3 aromatic carbocycles. The van der Waals surface area contributed by atoms with E-state index in [1.165, 1.54) is 0 Å². The van der Waals surface area contributed by atoms with Crippen LogP contribution in [-0.4, -0.2) is 11.9 Å². The number of amides is 1. The number of nitrogens with one attached hydrogen (secondary N) is 1. The standard InChI is InChI=1S/C19H16ClN3O2/c20-15-8-10-16(11-9-15)22-19(24)25-23-18(21)12-14-6-3-5-13-4-1-2-7-17(13)14/h1-11H,12H2,(H2,21,23)(H,22,24). The zero-order chi connectivity index (χ0) is 17.6. The molecule has 0 aliphatic rings. The Morgan fingerprint density at radius 3 is 2.56 bits per heavy atom. The van der Waals surface area contributed by atoms with E-state index in [0.717, 1.165) is 16.3 Å². The van der Waals surface area contributed by atoms with E-state index in [1.807, 2.05) is 42.5 Å². The van der Waals surface area contributed by atoms with Crippen LogP contribution in [0.15, 0.2) is 71.9 Å². The number of benzene rings is 3. The molecular formula is C19H16ClN3O2. The number of anilines is 1. The van der Waals surface area contributed by atoms with Gasteiger partial charge in [0.05, 0.1) is 0 Å². The average molecular weight is 354 g/mol. The quantitative estimate of drug-likeness (QED) is 0.312. The molecule has 0 bridgehead atoms. The van der Waals surface area contributed by atoms with E-state index in [4.69, 9.17) is 22.2 Å². The Kier molecular flexibility index (Phi) is 5.16. The molecule has 0 radical (unpaired) electrons. The van der Waals surface area contributed by atoms with Crippen LogP contribution >= 0.6 is 11.6 Å². The first-order chi connectivity index (χ1) is 12.1. The first kappa shape index (κ1) is 16.8. The van der Waals surface area contributed by atoms with Crippen LogP contribution in [0.5, 0.6) is 0 Å². The zero-order valence-electron chi connectivity index (χ0n) is 13.3. The minimum Gasteiger partial charge on any atom is -0.384 e. The number of oxime groups is 1. The maximum Gasteiger partial charge on any atom is 0.437 e. The Labute approximate surface area is 150 Å². The second-order valence-corrected chi connectivity index (χ2v) is 5.84. The highest BCUT2D eigenvalue weighted by atomic mass is 35.5. The van der Waals surface area contributed by atoms with E-state index >= 15 is 0 Å². The van der Waals surface area contributed by atoms with Crippen molar-refractivity contribution >= 4 is 40.0 Å². The molecule has 25 heavy (non-hydrogen) atoms. The number of halogens is 1. The summed E-state index contributed by atoms with van der Waals surface area (Å²) in [5.41, 5.74) is 7.45. The fourth-order valence-electron chi connectivity index (χ4n) is 2.45.